The minimum atomic E-state index is -4.67. The topological polar surface area (TPSA) is 74.7 Å². The monoisotopic (exact) mass is 287 g/mol. The van der Waals surface area contributed by atoms with Gasteiger partial charge in [0, 0.05) is 19.5 Å². The van der Waals surface area contributed by atoms with Gasteiger partial charge in [-0.3, -0.25) is 4.79 Å². The lowest BCUT2D eigenvalue weighted by atomic mass is 10.1. The average molecular weight is 287 g/mol. The zero-order valence-electron chi connectivity index (χ0n) is 10.1. The van der Waals surface area contributed by atoms with Crippen molar-refractivity contribution in [3.63, 3.8) is 0 Å². The molecule has 0 aliphatic carbocycles. The minimum Gasteiger partial charge on any atom is -0.392 e. The summed E-state index contributed by atoms with van der Waals surface area (Å²) in [4.78, 5) is 12.9. The van der Waals surface area contributed by atoms with Gasteiger partial charge < -0.3 is 10.0 Å². The van der Waals surface area contributed by atoms with E-state index >= 15 is 0 Å². The maximum atomic E-state index is 12.8. The third kappa shape index (κ3) is 3.30. The standard InChI is InChI=1S/C12H14FNO4S/c13-19(17,18)11-5-12(16)14(7-11)6-9-1-3-10(8-15)4-2-9/h1-4,11,15H,5-8H2. The highest BCUT2D eigenvalue weighted by Crippen LogP contribution is 2.21. The second-order valence-corrected chi connectivity index (χ2v) is 6.17. The van der Waals surface area contributed by atoms with Crippen molar-refractivity contribution >= 4 is 16.1 Å². The molecule has 7 heteroatoms. The third-order valence-corrected chi connectivity index (χ3v) is 4.27. The lowest BCUT2D eigenvalue weighted by molar-refractivity contribution is -0.128. The smallest absolute Gasteiger partial charge is 0.307 e. The number of hydrogen-bond donors (Lipinski definition) is 1. The van der Waals surface area contributed by atoms with Crippen LogP contribution in [0.2, 0.25) is 0 Å². The zero-order valence-corrected chi connectivity index (χ0v) is 10.9. The van der Waals surface area contributed by atoms with E-state index in [1.165, 1.54) is 4.90 Å². The van der Waals surface area contributed by atoms with Crippen LogP contribution in [0.3, 0.4) is 0 Å². The van der Waals surface area contributed by atoms with Crippen molar-refractivity contribution in [3.8, 4) is 0 Å². The molecule has 1 fully saturated rings. The molecule has 0 spiro atoms. The number of hydrogen-bond acceptors (Lipinski definition) is 4. The van der Waals surface area contributed by atoms with Crippen molar-refractivity contribution in [2.24, 2.45) is 0 Å². The predicted molar refractivity (Wildman–Crippen MR) is 66.2 cm³/mol. The van der Waals surface area contributed by atoms with Gasteiger partial charge in [-0.25, -0.2) is 0 Å². The van der Waals surface area contributed by atoms with Crippen LogP contribution >= 0.6 is 0 Å². The Morgan fingerprint density at radius 2 is 1.84 bits per heavy atom. The lowest BCUT2D eigenvalue weighted by Gasteiger charge is -2.16. The highest BCUT2D eigenvalue weighted by atomic mass is 32.3. The van der Waals surface area contributed by atoms with E-state index in [1.807, 2.05) is 0 Å². The molecule has 0 aromatic heterocycles. The van der Waals surface area contributed by atoms with Crippen molar-refractivity contribution in [2.45, 2.75) is 24.8 Å². The van der Waals surface area contributed by atoms with Crippen molar-refractivity contribution in [1.29, 1.82) is 0 Å². The predicted octanol–water partition coefficient (Wildman–Crippen LogP) is 0.579. The molecule has 1 amide bonds. The SMILES string of the molecule is O=C1CC(S(=O)(=O)F)CN1Cc1ccc(CO)cc1. The molecule has 0 radical (unpaired) electrons. The van der Waals surface area contributed by atoms with Crippen LogP contribution in [0.5, 0.6) is 0 Å². The van der Waals surface area contributed by atoms with Crippen molar-refractivity contribution in [3.05, 3.63) is 35.4 Å². The Balaban J connectivity index is 2.05. The van der Waals surface area contributed by atoms with Crippen molar-refractivity contribution in [1.82, 2.24) is 4.90 Å². The molecule has 19 heavy (non-hydrogen) atoms. The summed E-state index contributed by atoms with van der Waals surface area (Å²) in [5, 5.41) is 7.65. The summed E-state index contributed by atoms with van der Waals surface area (Å²) >= 11 is 0. The first-order chi connectivity index (χ1) is 8.90. The van der Waals surface area contributed by atoms with Crippen LogP contribution in [-0.2, 0) is 28.2 Å². The number of amides is 1. The molecule has 5 nitrogen and oxygen atoms in total. The molecule has 1 aliphatic rings. The van der Waals surface area contributed by atoms with Crippen LogP contribution in [0, 0.1) is 0 Å². The van der Waals surface area contributed by atoms with Crippen LogP contribution in [0.4, 0.5) is 3.89 Å². The highest BCUT2D eigenvalue weighted by molar-refractivity contribution is 7.87. The first-order valence-corrected chi connectivity index (χ1v) is 7.24. The van der Waals surface area contributed by atoms with Gasteiger partial charge in [0.15, 0.2) is 0 Å². The second-order valence-electron chi connectivity index (χ2n) is 4.55. The van der Waals surface area contributed by atoms with Crippen LogP contribution in [-0.4, -0.2) is 36.1 Å². The van der Waals surface area contributed by atoms with Gasteiger partial charge in [-0.05, 0) is 11.1 Å². The molecular weight excluding hydrogens is 273 g/mol. The Bertz CT molecular complexity index is 570. The quantitative estimate of drug-likeness (QED) is 0.822. The number of nitrogens with zero attached hydrogens (tertiary/aromatic N) is 1. The summed E-state index contributed by atoms with van der Waals surface area (Å²) in [5.41, 5.74) is 1.56. The van der Waals surface area contributed by atoms with E-state index in [9.17, 15) is 17.1 Å². The van der Waals surface area contributed by atoms with E-state index in [4.69, 9.17) is 5.11 Å². The van der Waals surface area contributed by atoms with Gasteiger partial charge >= 0.3 is 10.2 Å². The first-order valence-electron chi connectivity index (χ1n) is 5.80. The molecule has 1 saturated heterocycles. The average Bonchev–Trinajstić information content (AvgIpc) is 2.72. The van der Waals surface area contributed by atoms with E-state index in [0.29, 0.717) is 0 Å². The number of aliphatic hydroxyl groups excluding tert-OH is 1. The molecule has 1 N–H and O–H groups in total. The van der Waals surface area contributed by atoms with Crippen LogP contribution in [0.25, 0.3) is 0 Å². The number of carbonyl (C=O) groups excluding carboxylic acids is 1. The number of rotatable bonds is 4. The molecule has 1 aromatic rings. The van der Waals surface area contributed by atoms with E-state index in [-0.39, 0.29) is 32.0 Å². The molecule has 1 atom stereocenters. The maximum absolute atomic E-state index is 12.8. The zero-order chi connectivity index (χ0) is 14.0. The third-order valence-electron chi connectivity index (χ3n) is 3.16. The molecular formula is C12H14FNO4S. The van der Waals surface area contributed by atoms with Crippen LogP contribution in [0.15, 0.2) is 24.3 Å². The minimum absolute atomic E-state index is 0.0644. The summed E-state index contributed by atoms with van der Waals surface area (Å²) in [5.74, 6) is -0.363. The van der Waals surface area contributed by atoms with Crippen molar-refractivity contribution < 1.29 is 22.2 Å². The van der Waals surface area contributed by atoms with Crippen LogP contribution < -0.4 is 0 Å². The van der Waals surface area contributed by atoms with E-state index < -0.39 is 15.5 Å². The number of likely N-dealkylation sites (tertiary alicyclic amines) is 1. The number of halogens is 1. The highest BCUT2D eigenvalue weighted by Gasteiger charge is 2.38. The van der Waals surface area contributed by atoms with Gasteiger partial charge in [0.05, 0.1) is 6.61 Å². The van der Waals surface area contributed by atoms with Gasteiger partial charge in [0.1, 0.15) is 5.25 Å². The summed E-state index contributed by atoms with van der Waals surface area (Å²) < 4.78 is 34.4. The van der Waals surface area contributed by atoms with Gasteiger partial charge in [-0.15, -0.1) is 3.89 Å². The fourth-order valence-corrected chi connectivity index (χ4v) is 2.75. The summed E-state index contributed by atoms with van der Waals surface area (Å²) in [6.45, 7) is 0.0705. The normalized spacial score (nSPS) is 20.0. The van der Waals surface area contributed by atoms with Crippen LogP contribution in [0.1, 0.15) is 17.5 Å². The number of carbonyl (C=O) groups is 1. The first kappa shape index (κ1) is 14.0. The molecule has 1 aliphatic heterocycles. The molecule has 104 valence electrons. The second kappa shape index (κ2) is 5.26. The van der Waals surface area contributed by atoms with Gasteiger partial charge in [0.2, 0.25) is 5.91 Å². The van der Waals surface area contributed by atoms with Crippen molar-refractivity contribution in [2.75, 3.05) is 6.54 Å². The molecule has 0 saturated carbocycles. The maximum Gasteiger partial charge on any atom is 0.307 e. The molecule has 1 heterocycles. The fraction of sp³-hybridized carbons (Fsp3) is 0.417. The molecule has 1 aromatic carbocycles. The Labute approximate surface area is 110 Å². The Morgan fingerprint density at radius 1 is 1.26 bits per heavy atom. The Hall–Kier alpha value is -1.47. The molecule has 2 rings (SSSR count). The number of benzene rings is 1. The summed E-state index contributed by atoms with van der Waals surface area (Å²) in [7, 11) is -4.67. The van der Waals surface area contributed by atoms with E-state index in [1.54, 1.807) is 24.3 Å². The van der Waals surface area contributed by atoms with E-state index in [2.05, 4.69) is 0 Å². The van der Waals surface area contributed by atoms with Gasteiger partial charge in [0.25, 0.3) is 0 Å². The fourth-order valence-electron chi connectivity index (χ4n) is 2.05. The molecule has 0 bridgehead atoms. The molecule has 1 unspecified atom stereocenters. The summed E-state index contributed by atoms with van der Waals surface area (Å²) in [6, 6.07) is 6.94. The van der Waals surface area contributed by atoms with E-state index in [0.717, 1.165) is 11.1 Å². The number of aliphatic hydroxyl groups is 1. The Morgan fingerprint density at radius 3 is 2.32 bits per heavy atom. The van der Waals surface area contributed by atoms with Gasteiger partial charge in [-0.1, -0.05) is 24.3 Å². The van der Waals surface area contributed by atoms with Gasteiger partial charge in [-0.2, -0.15) is 8.42 Å². The summed E-state index contributed by atoms with van der Waals surface area (Å²) in [6.07, 6.45) is -0.298. The largest absolute Gasteiger partial charge is 0.392 e. The Kier molecular flexibility index (Phi) is 3.86. The lowest BCUT2D eigenvalue weighted by Crippen LogP contribution is -2.26.